The number of hydrogen-bond acceptors (Lipinski definition) is 6. The number of rotatable bonds is 58. The van der Waals surface area contributed by atoms with Crippen LogP contribution in [0.3, 0.4) is 0 Å². The molecule has 0 bridgehead atoms. The molecule has 0 aromatic rings. The van der Waals surface area contributed by atoms with Crippen molar-refractivity contribution < 1.29 is 28.6 Å². The smallest absolute Gasteiger partial charge is 0.306 e. The third-order valence-electron chi connectivity index (χ3n) is 14.9. The summed E-state index contributed by atoms with van der Waals surface area (Å²) in [6.07, 6.45) is 61.1. The van der Waals surface area contributed by atoms with Gasteiger partial charge in [-0.15, -0.1) is 0 Å². The lowest BCUT2D eigenvalue weighted by atomic mass is 10.0. The van der Waals surface area contributed by atoms with Crippen molar-refractivity contribution in [2.24, 2.45) is 17.8 Å². The van der Waals surface area contributed by atoms with Gasteiger partial charge in [-0.25, -0.2) is 0 Å². The first kappa shape index (κ1) is 69.4. The zero-order chi connectivity index (χ0) is 51.9. The summed E-state index contributed by atoms with van der Waals surface area (Å²) >= 11 is 0. The van der Waals surface area contributed by atoms with Gasteiger partial charge in [0.25, 0.3) is 0 Å². The summed E-state index contributed by atoms with van der Waals surface area (Å²) < 4.78 is 17.0. The fourth-order valence-corrected chi connectivity index (χ4v) is 10.1. The molecule has 422 valence electrons. The number of unbranched alkanes of at least 4 members (excludes halogenated alkanes) is 41. The topological polar surface area (TPSA) is 78.9 Å². The maximum Gasteiger partial charge on any atom is 0.306 e. The monoisotopic (exact) mass is 1000 g/mol. The second-order valence-corrected chi connectivity index (χ2v) is 23.8. The van der Waals surface area contributed by atoms with Crippen LogP contribution in [0.15, 0.2) is 0 Å². The number of ether oxygens (including phenoxy) is 3. The zero-order valence-electron chi connectivity index (χ0n) is 49.0. The molecule has 0 saturated carbocycles. The lowest BCUT2D eigenvalue weighted by molar-refractivity contribution is -0.167. The van der Waals surface area contributed by atoms with Gasteiger partial charge in [0.2, 0.25) is 0 Å². The minimum Gasteiger partial charge on any atom is -0.462 e. The molecule has 1 atom stereocenters. The maximum absolute atomic E-state index is 12.9. The first-order valence-corrected chi connectivity index (χ1v) is 32.1. The summed E-state index contributed by atoms with van der Waals surface area (Å²) in [4.78, 5) is 38.3. The van der Waals surface area contributed by atoms with Crippen LogP contribution in [-0.4, -0.2) is 37.2 Å². The van der Waals surface area contributed by atoms with Crippen molar-refractivity contribution in [1.29, 1.82) is 0 Å². The summed E-state index contributed by atoms with van der Waals surface area (Å²) in [5, 5.41) is 0. The van der Waals surface area contributed by atoms with E-state index in [-0.39, 0.29) is 31.1 Å². The second-order valence-electron chi connectivity index (χ2n) is 23.8. The molecule has 71 heavy (non-hydrogen) atoms. The molecule has 0 fully saturated rings. The maximum atomic E-state index is 12.9. The van der Waals surface area contributed by atoms with E-state index < -0.39 is 6.10 Å². The van der Waals surface area contributed by atoms with Gasteiger partial charge >= 0.3 is 17.9 Å². The molecule has 0 spiro atoms. The van der Waals surface area contributed by atoms with Crippen LogP contribution < -0.4 is 0 Å². The highest BCUT2D eigenvalue weighted by molar-refractivity contribution is 5.71. The van der Waals surface area contributed by atoms with Crippen LogP contribution in [0.2, 0.25) is 0 Å². The van der Waals surface area contributed by atoms with Crippen LogP contribution >= 0.6 is 0 Å². The summed E-state index contributed by atoms with van der Waals surface area (Å²) in [5.74, 6) is 1.70. The molecule has 0 aromatic heterocycles. The van der Waals surface area contributed by atoms with Gasteiger partial charge in [0.1, 0.15) is 13.2 Å². The molecule has 0 N–H and O–H groups in total. The molecular weight excluding hydrogens is 877 g/mol. The Morgan fingerprint density at radius 1 is 0.239 bits per heavy atom. The van der Waals surface area contributed by atoms with E-state index in [0.29, 0.717) is 19.3 Å². The lowest BCUT2D eigenvalue weighted by Crippen LogP contribution is -2.30. The molecular formula is C65H126O6. The van der Waals surface area contributed by atoms with Crippen LogP contribution in [0.1, 0.15) is 363 Å². The predicted molar refractivity (Wildman–Crippen MR) is 307 cm³/mol. The van der Waals surface area contributed by atoms with Gasteiger partial charge in [-0.2, -0.15) is 0 Å². The highest BCUT2D eigenvalue weighted by Gasteiger charge is 2.19. The molecule has 0 aromatic carbocycles. The Morgan fingerprint density at radius 2 is 0.408 bits per heavy atom. The van der Waals surface area contributed by atoms with Crippen molar-refractivity contribution in [2.45, 2.75) is 369 Å². The van der Waals surface area contributed by atoms with Gasteiger partial charge in [0, 0.05) is 19.3 Å². The van der Waals surface area contributed by atoms with Crippen LogP contribution in [0.25, 0.3) is 0 Å². The first-order valence-electron chi connectivity index (χ1n) is 32.1. The average Bonchev–Trinajstić information content (AvgIpc) is 3.33. The van der Waals surface area contributed by atoms with E-state index in [1.54, 1.807) is 0 Å². The van der Waals surface area contributed by atoms with E-state index >= 15 is 0 Å². The zero-order valence-corrected chi connectivity index (χ0v) is 49.0. The van der Waals surface area contributed by atoms with Gasteiger partial charge in [-0.05, 0) is 37.0 Å². The summed E-state index contributed by atoms with van der Waals surface area (Å²) in [7, 11) is 0. The standard InChI is InChI=1S/C65H126O6/c1-59(2)51-45-39-33-27-21-16-12-9-7-8-10-14-19-25-32-38-44-50-56-65(68)71-62(58-70-64(67)55-49-43-37-31-26-20-23-29-35-41-47-53-61(5)6)57-69-63(66)54-48-42-36-30-24-18-15-11-13-17-22-28-34-40-46-52-60(3)4/h59-62H,7-58H2,1-6H3/t62-/m1/s1. The SMILES string of the molecule is CC(C)CCCCCCCCCCCCCCCCCCCCC(=O)O[C@H](COC(=O)CCCCCCCCCCCCCCCCCC(C)C)COC(=O)CCCCCCCCCCCCCC(C)C. The highest BCUT2D eigenvalue weighted by Crippen LogP contribution is 2.19. The first-order chi connectivity index (χ1) is 34.6. The van der Waals surface area contributed by atoms with Gasteiger partial charge in [-0.1, -0.05) is 324 Å². The van der Waals surface area contributed by atoms with Crippen molar-refractivity contribution in [1.82, 2.24) is 0 Å². The Morgan fingerprint density at radius 3 is 0.606 bits per heavy atom. The van der Waals surface area contributed by atoms with Crippen molar-refractivity contribution in [2.75, 3.05) is 13.2 Å². The average molecular weight is 1000 g/mol. The molecule has 0 radical (unpaired) electrons. The molecule has 6 nitrogen and oxygen atoms in total. The molecule has 6 heteroatoms. The Bertz CT molecular complexity index is 1100. The minimum absolute atomic E-state index is 0.0626. The lowest BCUT2D eigenvalue weighted by Gasteiger charge is -2.18. The number of carbonyl (C=O) groups is 3. The Kier molecular flexibility index (Phi) is 54.9. The van der Waals surface area contributed by atoms with E-state index in [0.717, 1.165) is 75.5 Å². The molecule has 0 aliphatic carbocycles. The van der Waals surface area contributed by atoms with Crippen LogP contribution in [-0.2, 0) is 28.6 Å². The molecule has 0 aliphatic rings. The summed E-state index contributed by atoms with van der Waals surface area (Å²) in [6.45, 7) is 13.8. The molecule has 0 aliphatic heterocycles. The molecule has 0 amide bonds. The quantitative estimate of drug-likeness (QED) is 0.0343. The van der Waals surface area contributed by atoms with E-state index in [1.165, 1.54) is 244 Å². The van der Waals surface area contributed by atoms with Gasteiger partial charge in [0.05, 0.1) is 0 Å². The van der Waals surface area contributed by atoms with Crippen LogP contribution in [0.4, 0.5) is 0 Å². The van der Waals surface area contributed by atoms with E-state index in [9.17, 15) is 14.4 Å². The molecule has 0 rings (SSSR count). The van der Waals surface area contributed by atoms with E-state index in [4.69, 9.17) is 14.2 Å². The van der Waals surface area contributed by atoms with Crippen molar-refractivity contribution in [3.05, 3.63) is 0 Å². The Hall–Kier alpha value is -1.59. The van der Waals surface area contributed by atoms with Gasteiger partial charge < -0.3 is 14.2 Å². The Labute approximate surface area is 444 Å². The number of carbonyl (C=O) groups excluding carboxylic acids is 3. The van der Waals surface area contributed by atoms with Crippen molar-refractivity contribution in [3.63, 3.8) is 0 Å². The van der Waals surface area contributed by atoms with Crippen molar-refractivity contribution >= 4 is 17.9 Å². The predicted octanol–water partition coefficient (Wildman–Crippen LogP) is 21.5. The fraction of sp³-hybridized carbons (Fsp3) is 0.954. The Balaban J connectivity index is 4.27. The van der Waals surface area contributed by atoms with Crippen LogP contribution in [0, 0.1) is 17.8 Å². The summed E-state index contributed by atoms with van der Waals surface area (Å²) in [5.41, 5.74) is 0. The van der Waals surface area contributed by atoms with Crippen molar-refractivity contribution in [3.8, 4) is 0 Å². The fourth-order valence-electron chi connectivity index (χ4n) is 10.1. The van der Waals surface area contributed by atoms with E-state index in [1.807, 2.05) is 0 Å². The largest absolute Gasteiger partial charge is 0.462 e. The highest BCUT2D eigenvalue weighted by atomic mass is 16.6. The third-order valence-corrected chi connectivity index (χ3v) is 14.9. The minimum atomic E-state index is -0.764. The molecule has 0 heterocycles. The summed E-state index contributed by atoms with van der Waals surface area (Å²) in [6, 6.07) is 0. The van der Waals surface area contributed by atoms with Crippen LogP contribution in [0.5, 0.6) is 0 Å². The van der Waals surface area contributed by atoms with E-state index in [2.05, 4.69) is 41.5 Å². The van der Waals surface area contributed by atoms with Gasteiger partial charge in [-0.3, -0.25) is 14.4 Å². The number of hydrogen-bond donors (Lipinski definition) is 0. The molecule has 0 unspecified atom stereocenters. The molecule has 0 saturated heterocycles. The van der Waals surface area contributed by atoms with Gasteiger partial charge in [0.15, 0.2) is 6.10 Å². The third kappa shape index (κ3) is 59.2. The number of esters is 3. The normalized spacial score (nSPS) is 12.1. The second kappa shape index (κ2) is 56.1.